The Morgan fingerprint density at radius 1 is 1.12 bits per heavy atom. The maximum absolute atomic E-state index is 14.3. The van der Waals surface area contributed by atoms with Crippen LogP contribution in [0.1, 0.15) is 53.7 Å². The maximum atomic E-state index is 14.3. The molecule has 3 N–H and O–H groups in total. The lowest BCUT2D eigenvalue weighted by molar-refractivity contribution is -0.124. The third-order valence-electron chi connectivity index (χ3n) is 8.40. The van der Waals surface area contributed by atoms with E-state index in [9.17, 15) is 22.8 Å². The molecule has 0 unspecified atom stereocenters. The number of pyridine rings is 2. The van der Waals surface area contributed by atoms with Crippen LogP contribution in [-0.2, 0) is 10.2 Å². The molecule has 1 saturated carbocycles. The Morgan fingerprint density at radius 3 is 2.59 bits per heavy atom. The molecule has 1 spiro atoms. The van der Waals surface area contributed by atoms with Crippen molar-refractivity contribution in [3.63, 3.8) is 0 Å². The van der Waals surface area contributed by atoms with Crippen molar-refractivity contribution in [3.05, 3.63) is 76.5 Å². The van der Waals surface area contributed by atoms with Crippen LogP contribution in [0.5, 0.6) is 0 Å². The zero-order chi connectivity index (χ0) is 28.9. The number of carbonyl (C=O) groups is 2. The number of amides is 2. The fourth-order valence-corrected chi connectivity index (χ4v) is 6.45. The Balaban J connectivity index is 1.12. The highest BCUT2D eigenvalue weighted by molar-refractivity contribution is 6.30. The van der Waals surface area contributed by atoms with Crippen LogP contribution in [0.25, 0.3) is 0 Å². The molecule has 1 aliphatic carbocycles. The molecule has 2 amide bonds. The van der Waals surface area contributed by atoms with Crippen LogP contribution in [0.15, 0.2) is 48.8 Å². The van der Waals surface area contributed by atoms with Crippen molar-refractivity contribution in [3.8, 4) is 0 Å². The molecule has 2 fully saturated rings. The third kappa shape index (κ3) is 4.96. The lowest BCUT2D eigenvalue weighted by Gasteiger charge is -2.47. The van der Waals surface area contributed by atoms with E-state index in [0.717, 1.165) is 11.8 Å². The van der Waals surface area contributed by atoms with Crippen LogP contribution in [0.2, 0.25) is 5.02 Å². The summed E-state index contributed by atoms with van der Waals surface area (Å²) >= 11 is 5.89. The minimum Gasteiger partial charge on any atom is -0.399 e. The fraction of sp³-hybridized carbons (Fsp3) is 0.379. The van der Waals surface area contributed by atoms with Gasteiger partial charge in [-0.15, -0.1) is 0 Å². The molecule has 2 aromatic heterocycles. The number of alkyl halides is 2. The van der Waals surface area contributed by atoms with E-state index in [-0.39, 0.29) is 28.5 Å². The smallest absolute Gasteiger partial charge is 0.281 e. The van der Waals surface area contributed by atoms with Crippen LogP contribution in [0.3, 0.4) is 0 Å². The monoisotopic (exact) mass is 584 g/mol. The first kappa shape index (κ1) is 27.3. The highest BCUT2D eigenvalue weighted by Gasteiger charge is 2.58. The first-order valence-electron chi connectivity index (χ1n) is 13.5. The van der Waals surface area contributed by atoms with E-state index in [1.165, 1.54) is 18.2 Å². The second-order valence-electron chi connectivity index (χ2n) is 11.0. The Kier molecular flexibility index (Phi) is 7.01. The van der Waals surface area contributed by atoms with Gasteiger partial charge in [-0.05, 0) is 61.4 Å². The number of benzene rings is 1. The summed E-state index contributed by atoms with van der Waals surface area (Å²) in [5, 5.41) is 2.94. The summed E-state index contributed by atoms with van der Waals surface area (Å²) in [6.45, 7) is 1.28. The Bertz CT molecular complexity index is 1510. The number of rotatable bonds is 6. The fourth-order valence-electron chi connectivity index (χ4n) is 6.29. The number of nitrogens with two attached hydrogens (primary N) is 1. The standard InChI is InChI=1S/C29H28ClF3N6O2/c30-17-9-21(25(26(32)33)36-12-17)27(40)37-20-4-1-16(2-5-20)13-39-23-10-18(31)3-6-22(23)29(28(39)41)14-38(15-29)24-11-19(34)7-8-35-24/h3,6-12,16,20,26H,1-2,4-5,13-15H2,(H2,34,35)(H,37,40). The number of hydrogen-bond acceptors (Lipinski definition) is 6. The lowest BCUT2D eigenvalue weighted by Crippen LogP contribution is -2.64. The summed E-state index contributed by atoms with van der Waals surface area (Å²) in [5.41, 5.74) is 6.30. The van der Waals surface area contributed by atoms with Crippen molar-refractivity contribution in [2.45, 2.75) is 43.6 Å². The Hall–Kier alpha value is -3.86. The molecule has 1 aromatic carbocycles. The van der Waals surface area contributed by atoms with Crippen molar-refractivity contribution in [1.82, 2.24) is 15.3 Å². The van der Waals surface area contributed by atoms with E-state index >= 15 is 0 Å². The first-order valence-corrected chi connectivity index (χ1v) is 13.9. The average molecular weight is 585 g/mol. The molecule has 0 atom stereocenters. The molecule has 8 nitrogen and oxygen atoms in total. The predicted molar refractivity (Wildman–Crippen MR) is 149 cm³/mol. The lowest BCUT2D eigenvalue weighted by atomic mass is 9.74. The van der Waals surface area contributed by atoms with E-state index in [2.05, 4.69) is 15.3 Å². The molecule has 6 rings (SSSR count). The molecular formula is C29H28ClF3N6O2. The molecule has 0 radical (unpaired) electrons. The van der Waals surface area contributed by atoms with Crippen LogP contribution in [0, 0.1) is 11.7 Å². The van der Waals surface area contributed by atoms with Gasteiger partial charge in [0.05, 0.1) is 16.3 Å². The summed E-state index contributed by atoms with van der Waals surface area (Å²) in [5.74, 6) is -0.266. The molecule has 214 valence electrons. The van der Waals surface area contributed by atoms with Gasteiger partial charge in [-0.1, -0.05) is 17.7 Å². The van der Waals surface area contributed by atoms with Gasteiger partial charge in [0, 0.05) is 49.8 Å². The first-order chi connectivity index (χ1) is 19.6. The van der Waals surface area contributed by atoms with Gasteiger partial charge in [0.25, 0.3) is 12.3 Å². The number of nitrogens with one attached hydrogen (secondary N) is 1. The van der Waals surface area contributed by atoms with Gasteiger partial charge in [-0.25, -0.2) is 18.2 Å². The van der Waals surface area contributed by atoms with E-state index < -0.39 is 29.3 Å². The van der Waals surface area contributed by atoms with Crippen LogP contribution >= 0.6 is 11.6 Å². The zero-order valence-corrected chi connectivity index (χ0v) is 22.8. The quantitative estimate of drug-likeness (QED) is 0.428. The molecule has 0 bridgehead atoms. The van der Waals surface area contributed by atoms with Gasteiger partial charge < -0.3 is 20.9 Å². The van der Waals surface area contributed by atoms with Crippen molar-refractivity contribution in [1.29, 1.82) is 0 Å². The second-order valence-corrected chi connectivity index (χ2v) is 11.5. The molecule has 1 saturated heterocycles. The van der Waals surface area contributed by atoms with Gasteiger partial charge in [0.1, 0.15) is 22.7 Å². The Morgan fingerprint density at radius 2 is 1.88 bits per heavy atom. The van der Waals surface area contributed by atoms with Crippen molar-refractivity contribution < 1.29 is 22.8 Å². The molecule has 3 aliphatic rings. The summed E-state index contributed by atoms with van der Waals surface area (Å²) in [6.07, 6.45) is 2.47. The SMILES string of the molecule is Nc1ccnc(N2CC3(C2)C(=O)N(CC2CCC(NC(=O)c4cc(Cl)cnc4C(F)F)CC2)c2cc(F)ccc23)c1. The van der Waals surface area contributed by atoms with Gasteiger partial charge in [0.2, 0.25) is 5.91 Å². The van der Waals surface area contributed by atoms with E-state index in [1.807, 2.05) is 4.90 Å². The number of anilines is 3. The number of hydrogen-bond donors (Lipinski definition) is 2. The molecular weight excluding hydrogens is 557 g/mol. The molecule has 3 aromatic rings. The highest BCUT2D eigenvalue weighted by Crippen LogP contribution is 2.49. The normalized spacial score (nSPS) is 21.2. The van der Waals surface area contributed by atoms with Gasteiger partial charge in [-0.3, -0.25) is 14.6 Å². The topological polar surface area (TPSA) is 104 Å². The second kappa shape index (κ2) is 10.5. The van der Waals surface area contributed by atoms with E-state index in [0.29, 0.717) is 62.5 Å². The Labute approximate surface area is 239 Å². The minimum atomic E-state index is -2.90. The van der Waals surface area contributed by atoms with Crippen molar-refractivity contribution >= 4 is 40.6 Å². The van der Waals surface area contributed by atoms with E-state index in [4.69, 9.17) is 17.3 Å². The summed E-state index contributed by atoms with van der Waals surface area (Å²) in [4.78, 5) is 38.3. The largest absolute Gasteiger partial charge is 0.399 e. The van der Waals surface area contributed by atoms with Crippen LogP contribution in [-0.4, -0.2) is 47.5 Å². The average Bonchev–Trinajstić information content (AvgIpc) is 3.15. The number of nitrogen functional groups attached to an aromatic ring is 1. The molecule has 4 heterocycles. The van der Waals surface area contributed by atoms with Crippen molar-refractivity contribution in [2.24, 2.45) is 5.92 Å². The van der Waals surface area contributed by atoms with Gasteiger partial charge in [-0.2, -0.15) is 0 Å². The summed E-state index contributed by atoms with van der Waals surface area (Å²) < 4.78 is 41.1. The molecule has 2 aliphatic heterocycles. The zero-order valence-electron chi connectivity index (χ0n) is 22.0. The predicted octanol–water partition coefficient (Wildman–Crippen LogP) is 4.88. The van der Waals surface area contributed by atoms with Crippen LogP contribution < -0.4 is 20.9 Å². The van der Waals surface area contributed by atoms with Crippen LogP contribution in [0.4, 0.5) is 30.4 Å². The third-order valence-corrected chi connectivity index (χ3v) is 8.60. The summed E-state index contributed by atoms with van der Waals surface area (Å²) in [7, 11) is 0. The number of halogens is 4. The number of carbonyl (C=O) groups excluding carboxylic acids is 2. The number of fused-ring (bicyclic) bond motifs is 2. The molecule has 12 heteroatoms. The number of nitrogens with zero attached hydrogens (tertiary/aromatic N) is 4. The van der Waals surface area contributed by atoms with Gasteiger partial charge >= 0.3 is 0 Å². The van der Waals surface area contributed by atoms with E-state index in [1.54, 1.807) is 29.3 Å². The summed E-state index contributed by atoms with van der Waals surface area (Å²) in [6, 6.07) is 8.99. The maximum Gasteiger partial charge on any atom is 0.281 e. The highest BCUT2D eigenvalue weighted by atomic mass is 35.5. The van der Waals surface area contributed by atoms with Gasteiger partial charge in [0.15, 0.2) is 0 Å². The number of aromatic nitrogens is 2. The minimum absolute atomic E-state index is 0.0540. The van der Waals surface area contributed by atoms with Crippen molar-refractivity contribution in [2.75, 3.05) is 35.2 Å². The molecule has 41 heavy (non-hydrogen) atoms.